The van der Waals surface area contributed by atoms with Crippen LogP contribution >= 0.6 is 0 Å². The first-order valence-electron chi connectivity index (χ1n) is 5.38. The van der Waals surface area contributed by atoms with Crippen LogP contribution in [-0.2, 0) is 11.3 Å². The number of carbonyl (C=O) groups is 1. The SMILES string of the molecule is COc1ccc(F)cc1CNCCCC(=O)O. The maximum absolute atomic E-state index is 13.0. The molecule has 0 aliphatic carbocycles. The van der Waals surface area contributed by atoms with Gasteiger partial charge < -0.3 is 15.2 Å². The Labute approximate surface area is 99.4 Å². The number of halogens is 1. The highest BCUT2D eigenvalue weighted by atomic mass is 19.1. The second-order valence-electron chi connectivity index (χ2n) is 3.63. The van der Waals surface area contributed by atoms with Crippen LogP contribution in [-0.4, -0.2) is 24.7 Å². The van der Waals surface area contributed by atoms with Crippen molar-refractivity contribution in [2.24, 2.45) is 0 Å². The minimum Gasteiger partial charge on any atom is -0.496 e. The zero-order valence-corrected chi connectivity index (χ0v) is 9.70. The molecule has 1 rings (SSSR count). The lowest BCUT2D eigenvalue weighted by Gasteiger charge is -2.09. The van der Waals surface area contributed by atoms with Gasteiger partial charge in [0.25, 0.3) is 0 Å². The van der Waals surface area contributed by atoms with E-state index >= 15 is 0 Å². The third kappa shape index (κ3) is 4.82. The van der Waals surface area contributed by atoms with E-state index in [1.807, 2.05) is 0 Å². The first kappa shape index (κ1) is 13.4. The van der Waals surface area contributed by atoms with Crippen LogP contribution in [0.5, 0.6) is 5.75 Å². The Bertz CT molecular complexity index is 382. The number of nitrogens with one attached hydrogen (secondary N) is 1. The van der Waals surface area contributed by atoms with Crippen molar-refractivity contribution in [2.75, 3.05) is 13.7 Å². The molecule has 0 saturated carbocycles. The Hall–Kier alpha value is -1.62. The number of benzene rings is 1. The van der Waals surface area contributed by atoms with Crippen molar-refractivity contribution in [3.63, 3.8) is 0 Å². The monoisotopic (exact) mass is 241 g/mol. The molecule has 1 aromatic carbocycles. The molecule has 0 spiro atoms. The molecular weight excluding hydrogens is 225 g/mol. The van der Waals surface area contributed by atoms with Gasteiger partial charge in [-0.25, -0.2) is 4.39 Å². The molecular formula is C12H16FNO3. The molecule has 0 amide bonds. The zero-order chi connectivity index (χ0) is 12.7. The Kier molecular flexibility index (Phi) is 5.42. The Morgan fingerprint density at radius 1 is 1.53 bits per heavy atom. The normalized spacial score (nSPS) is 10.2. The number of rotatable bonds is 7. The third-order valence-electron chi connectivity index (χ3n) is 2.30. The van der Waals surface area contributed by atoms with Crippen molar-refractivity contribution in [2.45, 2.75) is 19.4 Å². The second kappa shape index (κ2) is 6.85. The minimum absolute atomic E-state index is 0.132. The molecule has 17 heavy (non-hydrogen) atoms. The van der Waals surface area contributed by atoms with Gasteiger partial charge in [-0.15, -0.1) is 0 Å². The number of methoxy groups -OCH3 is 1. The number of hydrogen-bond acceptors (Lipinski definition) is 3. The number of ether oxygens (including phenoxy) is 1. The average molecular weight is 241 g/mol. The van der Waals surface area contributed by atoms with E-state index in [9.17, 15) is 9.18 Å². The average Bonchev–Trinajstić information content (AvgIpc) is 2.28. The topological polar surface area (TPSA) is 58.6 Å². The fourth-order valence-electron chi connectivity index (χ4n) is 1.47. The molecule has 94 valence electrons. The lowest BCUT2D eigenvalue weighted by atomic mass is 10.2. The summed E-state index contributed by atoms with van der Waals surface area (Å²) >= 11 is 0. The van der Waals surface area contributed by atoms with Crippen LogP contribution in [0.15, 0.2) is 18.2 Å². The highest BCUT2D eigenvalue weighted by Crippen LogP contribution is 2.18. The maximum Gasteiger partial charge on any atom is 0.303 e. The zero-order valence-electron chi connectivity index (χ0n) is 9.70. The van der Waals surface area contributed by atoms with Crippen LogP contribution in [0, 0.1) is 5.82 Å². The maximum atomic E-state index is 13.0. The molecule has 0 aliphatic heterocycles. The van der Waals surface area contributed by atoms with Gasteiger partial charge in [-0.2, -0.15) is 0 Å². The summed E-state index contributed by atoms with van der Waals surface area (Å²) in [5.41, 5.74) is 0.725. The smallest absolute Gasteiger partial charge is 0.303 e. The van der Waals surface area contributed by atoms with Crippen molar-refractivity contribution < 1.29 is 19.0 Å². The summed E-state index contributed by atoms with van der Waals surface area (Å²) in [6.45, 7) is 1.03. The molecule has 0 fully saturated rings. The molecule has 0 radical (unpaired) electrons. The predicted octanol–water partition coefficient (Wildman–Crippen LogP) is 1.79. The Morgan fingerprint density at radius 2 is 2.29 bits per heavy atom. The number of carboxylic acids is 1. The van der Waals surface area contributed by atoms with Crippen LogP contribution in [0.4, 0.5) is 4.39 Å². The van der Waals surface area contributed by atoms with Crippen molar-refractivity contribution in [1.29, 1.82) is 0 Å². The summed E-state index contributed by atoms with van der Waals surface area (Å²) in [6.07, 6.45) is 0.681. The molecule has 0 aliphatic rings. The highest BCUT2D eigenvalue weighted by molar-refractivity contribution is 5.66. The number of aliphatic carboxylic acids is 1. The van der Waals surface area contributed by atoms with E-state index in [4.69, 9.17) is 9.84 Å². The molecule has 0 unspecified atom stereocenters. The first-order valence-corrected chi connectivity index (χ1v) is 5.38. The third-order valence-corrected chi connectivity index (χ3v) is 2.30. The van der Waals surface area contributed by atoms with E-state index in [2.05, 4.69) is 5.32 Å². The van der Waals surface area contributed by atoms with Crippen LogP contribution in [0.25, 0.3) is 0 Å². The van der Waals surface area contributed by atoms with Crippen LogP contribution in [0.3, 0.4) is 0 Å². The lowest BCUT2D eigenvalue weighted by Crippen LogP contribution is -2.16. The Morgan fingerprint density at radius 3 is 2.94 bits per heavy atom. The fourth-order valence-corrected chi connectivity index (χ4v) is 1.47. The summed E-state index contributed by atoms with van der Waals surface area (Å²) in [4.78, 5) is 10.3. The number of carboxylic acid groups (broad SMARTS) is 1. The van der Waals surface area contributed by atoms with Gasteiger partial charge >= 0.3 is 5.97 Å². The first-order chi connectivity index (χ1) is 8.13. The molecule has 0 saturated heterocycles. The van der Waals surface area contributed by atoms with Crippen molar-refractivity contribution in [3.8, 4) is 5.75 Å². The van der Waals surface area contributed by atoms with Gasteiger partial charge in [0.05, 0.1) is 7.11 Å². The van der Waals surface area contributed by atoms with E-state index in [0.717, 1.165) is 5.56 Å². The van der Waals surface area contributed by atoms with E-state index in [1.54, 1.807) is 6.07 Å². The predicted molar refractivity (Wildman–Crippen MR) is 61.5 cm³/mol. The van der Waals surface area contributed by atoms with Gasteiger partial charge in [-0.05, 0) is 31.2 Å². The van der Waals surface area contributed by atoms with Gasteiger partial charge in [-0.1, -0.05) is 0 Å². The van der Waals surface area contributed by atoms with Crippen LogP contribution < -0.4 is 10.1 Å². The van der Waals surface area contributed by atoms with Crippen molar-refractivity contribution >= 4 is 5.97 Å². The van der Waals surface area contributed by atoms with Gasteiger partial charge in [0, 0.05) is 18.5 Å². The van der Waals surface area contributed by atoms with Crippen molar-refractivity contribution in [1.82, 2.24) is 5.32 Å². The molecule has 0 atom stereocenters. The number of hydrogen-bond donors (Lipinski definition) is 2. The summed E-state index contributed by atoms with van der Waals surface area (Å²) in [5, 5.41) is 11.5. The van der Waals surface area contributed by atoms with Crippen molar-refractivity contribution in [3.05, 3.63) is 29.6 Å². The highest BCUT2D eigenvalue weighted by Gasteiger charge is 2.04. The van der Waals surface area contributed by atoms with Gasteiger partial charge in [-0.3, -0.25) is 4.79 Å². The molecule has 0 bridgehead atoms. The lowest BCUT2D eigenvalue weighted by molar-refractivity contribution is -0.137. The van der Waals surface area contributed by atoms with E-state index in [1.165, 1.54) is 19.2 Å². The summed E-state index contributed by atoms with van der Waals surface area (Å²) < 4.78 is 18.1. The standard InChI is InChI=1S/C12H16FNO3/c1-17-11-5-4-10(13)7-9(11)8-14-6-2-3-12(15)16/h4-5,7,14H,2-3,6,8H2,1H3,(H,15,16). The molecule has 1 aromatic rings. The van der Waals surface area contributed by atoms with E-state index < -0.39 is 5.97 Å². The summed E-state index contributed by atoms with van der Waals surface area (Å²) in [5.74, 6) is -0.500. The van der Waals surface area contributed by atoms with Gasteiger partial charge in [0.1, 0.15) is 11.6 Å². The molecule has 2 N–H and O–H groups in total. The van der Waals surface area contributed by atoms with Crippen LogP contribution in [0.1, 0.15) is 18.4 Å². The summed E-state index contributed by atoms with van der Waals surface area (Å²) in [7, 11) is 1.53. The molecule has 0 heterocycles. The summed E-state index contributed by atoms with van der Waals surface area (Å²) in [6, 6.07) is 4.32. The quantitative estimate of drug-likeness (QED) is 0.714. The van der Waals surface area contributed by atoms with E-state index in [0.29, 0.717) is 25.3 Å². The van der Waals surface area contributed by atoms with Crippen LogP contribution in [0.2, 0.25) is 0 Å². The second-order valence-corrected chi connectivity index (χ2v) is 3.63. The van der Waals surface area contributed by atoms with Gasteiger partial charge in [0.2, 0.25) is 0 Å². The largest absolute Gasteiger partial charge is 0.496 e. The Balaban J connectivity index is 2.40. The molecule has 4 nitrogen and oxygen atoms in total. The molecule has 5 heteroatoms. The molecule has 0 aromatic heterocycles. The fraction of sp³-hybridized carbons (Fsp3) is 0.417. The minimum atomic E-state index is -0.810. The van der Waals surface area contributed by atoms with E-state index in [-0.39, 0.29) is 12.2 Å². The van der Waals surface area contributed by atoms with Gasteiger partial charge in [0.15, 0.2) is 0 Å².